The van der Waals surface area contributed by atoms with Crippen LogP contribution in [0.1, 0.15) is 4.88 Å². The van der Waals surface area contributed by atoms with Gasteiger partial charge in [0.1, 0.15) is 0 Å². The van der Waals surface area contributed by atoms with Gasteiger partial charge in [0.05, 0.1) is 17.6 Å². The van der Waals surface area contributed by atoms with E-state index in [0.717, 1.165) is 4.88 Å². The van der Waals surface area contributed by atoms with E-state index < -0.39 is 12.0 Å². The van der Waals surface area contributed by atoms with Crippen LogP contribution in [0, 0.1) is 0 Å². The molecule has 1 amide bonds. The number of hydrogen-bond acceptors (Lipinski definition) is 4. The molecule has 1 fully saturated rings. The fourth-order valence-corrected chi connectivity index (χ4v) is 2.70. The lowest BCUT2D eigenvalue weighted by molar-refractivity contribution is -0.156. The smallest absolute Gasteiger partial charge is 0.328 e. The number of aliphatic carboxylic acids is 1. The summed E-state index contributed by atoms with van der Waals surface area (Å²) in [5.74, 6) is -1.39. The summed E-state index contributed by atoms with van der Waals surface area (Å²) in [4.78, 5) is 25.2. The molecular weight excluding hydrogens is 290 g/mol. The van der Waals surface area contributed by atoms with Gasteiger partial charge < -0.3 is 14.7 Å². The molecule has 0 spiro atoms. The highest BCUT2D eigenvalue weighted by Gasteiger charge is 2.31. The predicted molar refractivity (Wildman–Crippen MR) is 72.3 cm³/mol. The van der Waals surface area contributed by atoms with Gasteiger partial charge in [-0.05, 0) is 18.2 Å². The number of halogens is 1. The van der Waals surface area contributed by atoms with Crippen molar-refractivity contribution in [2.75, 3.05) is 19.8 Å². The largest absolute Gasteiger partial charge is 0.480 e. The Morgan fingerprint density at radius 1 is 1.53 bits per heavy atom. The molecule has 1 aromatic rings. The minimum atomic E-state index is -1.05. The highest BCUT2D eigenvalue weighted by molar-refractivity contribution is 7.17. The average Bonchev–Trinajstić information content (AvgIpc) is 2.81. The van der Waals surface area contributed by atoms with Crippen molar-refractivity contribution in [2.24, 2.45) is 0 Å². The molecule has 2 heterocycles. The van der Waals surface area contributed by atoms with Gasteiger partial charge >= 0.3 is 5.97 Å². The summed E-state index contributed by atoms with van der Waals surface area (Å²) in [7, 11) is 0. The molecule has 0 aliphatic carbocycles. The van der Waals surface area contributed by atoms with Crippen molar-refractivity contribution in [1.29, 1.82) is 0 Å². The average molecular weight is 302 g/mol. The number of nitrogens with zero attached hydrogens (tertiary/aromatic N) is 1. The van der Waals surface area contributed by atoms with E-state index in [-0.39, 0.29) is 19.1 Å². The molecule has 0 radical (unpaired) electrons. The molecule has 0 saturated carbocycles. The van der Waals surface area contributed by atoms with E-state index in [1.165, 1.54) is 22.3 Å². The maximum Gasteiger partial charge on any atom is 0.328 e. The third kappa shape index (κ3) is 3.56. The van der Waals surface area contributed by atoms with Gasteiger partial charge in [-0.25, -0.2) is 4.79 Å². The van der Waals surface area contributed by atoms with Crippen LogP contribution in [0.5, 0.6) is 0 Å². The first-order chi connectivity index (χ1) is 9.08. The van der Waals surface area contributed by atoms with Crippen molar-refractivity contribution in [2.45, 2.75) is 6.04 Å². The summed E-state index contributed by atoms with van der Waals surface area (Å²) in [6.45, 7) is 0.666. The summed E-state index contributed by atoms with van der Waals surface area (Å²) in [6, 6.07) is 2.62. The Labute approximate surface area is 119 Å². The fourth-order valence-electron chi connectivity index (χ4n) is 1.74. The summed E-state index contributed by atoms with van der Waals surface area (Å²) >= 11 is 7.13. The molecule has 0 bridgehead atoms. The molecule has 0 unspecified atom stereocenters. The Hall–Kier alpha value is -1.37. The molecule has 1 aliphatic heterocycles. The maximum absolute atomic E-state index is 12.0. The van der Waals surface area contributed by atoms with Crippen LogP contribution in [0.2, 0.25) is 4.34 Å². The Balaban J connectivity index is 2.05. The monoisotopic (exact) mass is 301 g/mol. The Kier molecular flexibility index (Phi) is 4.57. The SMILES string of the molecule is O=C(O)[C@@H]1COCCN1C(=O)/C=C/c1ccc(Cl)s1. The highest BCUT2D eigenvalue weighted by atomic mass is 35.5. The molecule has 1 aliphatic rings. The van der Waals surface area contributed by atoms with Crippen LogP contribution in [0.4, 0.5) is 0 Å². The molecule has 7 heteroatoms. The van der Waals surface area contributed by atoms with Gasteiger partial charge in [-0.3, -0.25) is 4.79 Å². The molecule has 0 aromatic carbocycles. The molecular formula is C12H12ClNO4S. The van der Waals surface area contributed by atoms with Crippen molar-refractivity contribution in [3.8, 4) is 0 Å². The number of rotatable bonds is 3. The Morgan fingerprint density at radius 3 is 2.95 bits per heavy atom. The number of amides is 1. The standard InChI is InChI=1S/C12H12ClNO4S/c13-10-3-1-8(19-10)2-4-11(15)14-5-6-18-7-9(14)12(16)17/h1-4,9H,5-7H2,(H,16,17)/b4-2+/t9-/m0/s1. The summed E-state index contributed by atoms with van der Waals surface area (Å²) in [6.07, 6.45) is 3.00. The van der Waals surface area contributed by atoms with Crippen LogP contribution in [-0.2, 0) is 14.3 Å². The zero-order valence-electron chi connectivity index (χ0n) is 9.91. The topological polar surface area (TPSA) is 66.8 Å². The van der Waals surface area contributed by atoms with Crippen LogP contribution in [0.3, 0.4) is 0 Å². The first kappa shape index (κ1) is 14.0. The Morgan fingerprint density at radius 2 is 2.32 bits per heavy atom. The first-order valence-electron chi connectivity index (χ1n) is 5.62. The van der Waals surface area contributed by atoms with E-state index in [1.807, 2.05) is 0 Å². The molecule has 1 N–H and O–H groups in total. The summed E-state index contributed by atoms with van der Waals surface area (Å²) in [5.41, 5.74) is 0. The van der Waals surface area contributed by atoms with E-state index >= 15 is 0 Å². The second-order valence-corrected chi connectivity index (χ2v) is 5.68. The number of morpholine rings is 1. The molecule has 2 rings (SSSR count). The second kappa shape index (κ2) is 6.18. The lowest BCUT2D eigenvalue weighted by Gasteiger charge is -2.31. The second-order valence-electron chi connectivity index (χ2n) is 3.94. The summed E-state index contributed by atoms with van der Waals surface area (Å²) < 4.78 is 5.72. The molecule has 19 heavy (non-hydrogen) atoms. The van der Waals surface area contributed by atoms with E-state index in [2.05, 4.69) is 0 Å². The third-order valence-electron chi connectivity index (χ3n) is 2.68. The normalized spacial score (nSPS) is 19.8. The third-order valence-corrected chi connectivity index (χ3v) is 3.88. The number of carbonyl (C=O) groups excluding carboxylic acids is 1. The molecule has 102 valence electrons. The fraction of sp³-hybridized carbons (Fsp3) is 0.333. The van der Waals surface area contributed by atoms with Gasteiger partial charge in [-0.15, -0.1) is 11.3 Å². The first-order valence-corrected chi connectivity index (χ1v) is 6.82. The van der Waals surface area contributed by atoms with Crippen molar-refractivity contribution < 1.29 is 19.4 Å². The van der Waals surface area contributed by atoms with Crippen LogP contribution in [0.25, 0.3) is 6.08 Å². The number of carboxylic acids is 1. The van der Waals surface area contributed by atoms with Crippen molar-refractivity contribution >= 4 is 40.9 Å². The van der Waals surface area contributed by atoms with E-state index in [0.29, 0.717) is 10.9 Å². The van der Waals surface area contributed by atoms with Crippen LogP contribution < -0.4 is 0 Å². The van der Waals surface area contributed by atoms with Crippen LogP contribution in [-0.4, -0.2) is 47.7 Å². The quantitative estimate of drug-likeness (QED) is 0.863. The van der Waals surface area contributed by atoms with Crippen molar-refractivity contribution in [1.82, 2.24) is 4.90 Å². The molecule has 5 nitrogen and oxygen atoms in total. The van der Waals surface area contributed by atoms with Crippen molar-refractivity contribution in [3.63, 3.8) is 0 Å². The minimum absolute atomic E-state index is 0.0275. The van der Waals surface area contributed by atoms with Crippen molar-refractivity contribution in [3.05, 3.63) is 27.4 Å². The number of carboxylic acid groups (broad SMARTS) is 1. The molecule has 1 aromatic heterocycles. The van der Waals surface area contributed by atoms with Gasteiger partial charge in [0.25, 0.3) is 0 Å². The number of thiophene rings is 1. The van der Waals surface area contributed by atoms with Gasteiger partial charge in [0.2, 0.25) is 5.91 Å². The maximum atomic E-state index is 12.0. The van der Waals surface area contributed by atoms with Gasteiger partial charge in [0, 0.05) is 17.5 Å². The molecule has 1 atom stereocenters. The van der Waals surface area contributed by atoms with Crippen LogP contribution >= 0.6 is 22.9 Å². The van der Waals surface area contributed by atoms with E-state index in [1.54, 1.807) is 18.2 Å². The van der Waals surface area contributed by atoms with Crippen LogP contribution in [0.15, 0.2) is 18.2 Å². The lowest BCUT2D eigenvalue weighted by atomic mass is 10.2. The zero-order chi connectivity index (χ0) is 13.8. The summed E-state index contributed by atoms with van der Waals surface area (Å²) in [5, 5.41) is 9.03. The minimum Gasteiger partial charge on any atom is -0.480 e. The number of carbonyl (C=O) groups is 2. The van der Waals surface area contributed by atoms with E-state index in [9.17, 15) is 9.59 Å². The van der Waals surface area contributed by atoms with Gasteiger partial charge in [-0.2, -0.15) is 0 Å². The lowest BCUT2D eigenvalue weighted by Crippen LogP contribution is -2.52. The Bertz CT molecular complexity index is 514. The highest BCUT2D eigenvalue weighted by Crippen LogP contribution is 2.22. The number of hydrogen-bond donors (Lipinski definition) is 1. The zero-order valence-corrected chi connectivity index (χ0v) is 11.5. The van der Waals surface area contributed by atoms with E-state index in [4.69, 9.17) is 21.4 Å². The van der Waals surface area contributed by atoms with Gasteiger partial charge in [0.15, 0.2) is 6.04 Å². The van der Waals surface area contributed by atoms with Gasteiger partial charge in [-0.1, -0.05) is 11.6 Å². The molecule has 1 saturated heterocycles. The predicted octanol–water partition coefficient (Wildman–Crippen LogP) is 1.73. The number of ether oxygens (including phenoxy) is 1.